The Kier molecular flexibility index (Phi) is 5.24. The van der Waals surface area contributed by atoms with Crippen LogP contribution in [0.4, 0.5) is 18.9 Å². The molecule has 7 heteroatoms. The lowest BCUT2D eigenvalue weighted by Crippen LogP contribution is -2.53. The molecule has 0 unspecified atom stereocenters. The Hall–Kier alpha value is -2.80. The second-order valence-electron chi connectivity index (χ2n) is 9.09. The third-order valence-corrected chi connectivity index (χ3v) is 6.56. The number of aliphatic imine (C=N–C) groups is 1. The van der Waals surface area contributed by atoms with Gasteiger partial charge >= 0.3 is 6.18 Å². The van der Waals surface area contributed by atoms with E-state index in [0.717, 1.165) is 67.1 Å². The van der Waals surface area contributed by atoms with Crippen molar-refractivity contribution in [3.8, 4) is 0 Å². The number of halogens is 3. The van der Waals surface area contributed by atoms with E-state index in [1.165, 1.54) is 12.5 Å². The van der Waals surface area contributed by atoms with Gasteiger partial charge in [-0.1, -0.05) is 24.3 Å². The molecule has 32 heavy (non-hydrogen) atoms. The minimum atomic E-state index is -4.38. The van der Waals surface area contributed by atoms with Gasteiger partial charge in [-0.15, -0.1) is 0 Å². The molecule has 0 aromatic heterocycles. The Morgan fingerprint density at radius 1 is 1.16 bits per heavy atom. The molecule has 0 atom stereocenters. The molecule has 4 nitrogen and oxygen atoms in total. The van der Waals surface area contributed by atoms with Crippen molar-refractivity contribution in [2.75, 3.05) is 38.2 Å². The van der Waals surface area contributed by atoms with Crippen LogP contribution in [-0.2, 0) is 10.9 Å². The lowest BCUT2D eigenvalue weighted by molar-refractivity contribution is -0.138. The van der Waals surface area contributed by atoms with Crippen LogP contribution >= 0.6 is 0 Å². The van der Waals surface area contributed by atoms with Crippen molar-refractivity contribution in [2.24, 2.45) is 10.4 Å². The first kappa shape index (κ1) is 21.1. The molecule has 0 radical (unpaired) electrons. The van der Waals surface area contributed by atoms with Crippen LogP contribution in [0.15, 0.2) is 53.7 Å². The number of nitrogens with zero attached hydrogens (tertiary/aromatic N) is 2. The highest BCUT2D eigenvalue weighted by molar-refractivity contribution is 6.13. The SMILES string of the molecule is Cc1cccc2c1/C(=C\N1CCCC3(COC3)C1)CN=C2Nc1cccc(C(F)(F)F)c1. The highest BCUT2D eigenvalue weighted by Crippen LogP contribution is 2.38. The van der Waals surface area contributed by atoms with Crippen molar-refractivity contribution in [1.29, 1.82) is 0 Å². The zero-order valence-corrected chi connectivity index (χ0v) is 18.0. The lowest BCUT2D eigenvalue weighted by Gasteiger charge is -2.48. The van der Waals surface area contributed by atoms with E-state index in [2.05, 4.69) is 29.4 Å². The van der Waals surface area contributed by atoms with Gasteiger partial charge in [0.2, 0.25) is 0 Å². The number of hydrogen-bond donors (Lipinski definition) is 1. The van der Waals surface area contributed by atoms with Gasteiger partial charge in [0.05, 0.1) is 25.3 Å². The first-order valence-electron chi connectivity index (χ1n) is 10.9. The Balaban J connectivity index is 1.43. The van der Waals surface area contributed by atoms with Crippen molar-refractivity contribution in [2.45, 2.75) is 25.9 Å². The fourth-order valence-electron chi connectivity index (χ4n) is 4.95. The zero-order valence-electron chi connectivity index (χ0n) is 18.0. The maximum atomic E-state index is 13.1. The summed E-state index contributed by atoms with van der Waals surface area (Å²) in [7, 11) is 0. The van der Waals surface area contributed by atoms with Crippen LogP contribution in [0.2, 0.25) is 0 Å². The largest absolute Gasteiger partial charge is 0.416 e. The molecule has 3 aliphatic rings. The molecule has 3 heterocycles. The molecule has 2 aromatic rings. The molecular weight excluding hydrogens is 415 g/mol. The van der Waals surface area contributed by atoms with Crippen LogP contribution < -0.4 is 5.32 Å². The molecule has 2 fully saturated rings. The van der Waals surface area contributed by atoms with Crippen LogP contribution in [0.1, 0.15) is 35.1 Å². The number of anilines is 1. The number of piperidine rings is 1. The average molecular weight is 441 g/mol. The molecule has 0 aliphatic carbocycles. The predicted octanol–water partition coefficient (Wildman–Crippen LogP) is 5.34. The quantitative estimate of drug-likeness (QED) is 0.684. The summed E-state index contributed by atoms with van der Waals surface area (Å²) in [5, 5.41) is 3.12. The number of hydrogen-bond acceptors (Lipinski definition) is 4. The molecule has 2 aromatic carbocycles. The van der Waals surface area contributed by atoms with Crippen molar-refractivity contribution in [3.05, 3.63) is 70.9 Å². The molecule has 3 aliphatic heterocycles. The summed E-state index contributed by atoms with van der Waals surface area (Å²) in [6, 6.07) is 11.2. The van der Waals surface area contributed by atoms with Gasteiger partial charge in [-0.3, -0.25) is 4.99 Å². The van der Waals surface area contributed by atoms with E-state index in [1.54, 1.807) is 6.07 Å². The fourth-order valence-corrected chi connectivity index (χ4v) is 4.95. The van der Waals surface area contributed by atoms with Crippen molar-refractivity contribution < 1.29 is 17.9 Å². The second-order valence-corrected chi connectivity index (χ2v) is 9.09. The topological polar surface area (TPSA) is 36.9 Å². The summed E-state index contributed by atoms with van der Waals surface area (Å²) in [6.07, 6.45) is 0.217. The number of likely N-dealkylation sites (tertiary alicyclic amines) is 1. The summed E-state index contributed by atoms with van der Waals surface area (Å²) in [6.45, 7) is 6.25. The van der Waals surface area contributed by atoms with Crippen molar-refractivity contribution in [3.63, 3.8) is 0 Å². The van der Waals surface area contributed by atoms with Crippen LogP contribution in [0.3, 0.4) is 0 Å². The number of alkyl halides is 3. The molecule has 0 bridgehead atoms. The smallest absolute Gasteiger partial charge is 0.380 e. The Morgan fingerprint density at radius 3 is 2.72 bits per heavy atom. The molecule has 0 amide bonds. The van der Waals surface area contributed by atoms with Gasteiger partial charge in [0.25, 0.3) is 0 Å². The number of benzene rings is 2. The average Bonchev–Trinajstić information content (AvgIpc) is 2.74. The maximum absolute atomic E-state index is 13.1. The van der Waals surface area contributed by atoms with Crippen LogP contribution in [0, 0.1) is 12.3 Å². The van der Waals surface area contributed by atoms with Crippen molar-refractivity contribution in [1.82, 2.24) is 4.90 Å². The summed E-state index contributed by atoms with van der Waals surface area (Å²) in [5.74, 6) is 0.600. The maximum Gasteiger partial charge on any atom is 0.416 e. The molecule has 0 saturated carbocycles. The van der Waals surface area contributed by atoms with E-state index in [1.807, 2.05) is 12.1 Å². The van der Waals surface area contributed by atoms with Crippen LogP contribution in [0.5, 0.6) is 0 Å². The van der Waals surface area contributed by atoms with Crippen LogP contribution in [0.25, 0.3) is 5.57 Å². The van der Waals surface area contributed by atoms with E-state index in [0.29, 0.717) is 18.1 Å². The van der Waals surface area contributed by atoms with Gasteiger partial charge in [-0.25, -0.2) is 0 Å². The monoisotopic (exact) mass is 441 g/mol. The molecular formula is C25H26F3N3O. The Labute approximate surface area is 185 Å². The highest BCUT2D eigenvalue weighted by Gasteiger charge is 2.41. The number of aryl methyl sites for hydroxylation is 1. The minimum Gasteiger partial charge on any atom is -0.380 e. The summed E-state index contributed by atoms with van der Waals surface area (Å²) >= 11 is 0. The van der Waals surface area contributed by atoms with Crippen LogP contribution in [-0.4, -0.2) is 43.6 Å². The van der Waals surface area contributed by atoms with E-state index < -0.39 is 11.7 Å². The summed E-state index contributed by atoms with van der Waals surface area (Å²) in [5.41, 5.74) is 4.29. The molecule has 1 spiro atoms. The first-order valence-corrected chi connectivity index (χ1v) is 10.9. The third kappa shape index (κ3) is 4.01. The standard InChI is InChI=1S/C25H26F3N3O/c1-17-5-2-8-21-22(17)18(13-31-10-4-9-24(14-31)15-32-16-24)12-29-23(21)30-20-7-3-6-19(11-20)25(26,27)28/h2-3,5-8,11,13H,4,9-10,12,14-16H2,1H3,(H,29,30)/b18-13-. The van der Waals surface area contributed by atoms with E-state index >= 15 is 0 Å². The summed E-state index contributed by atoms with van der Waals surface area (Å²) < 4.78 is 44.8. The van der Waals surface area contributed by atoms with Gasteiger partial charge in [0, 0.05) is 36.0 Å². The van der Waals surface area contributed by atoms with E-state index in [9.17, 15) is 13.2 Å². The van der Waals surface area contributed by atoms with Gasteiger partial charge in [0.1, 0.15) is 5.84 Å². The number of rotatable bonds is 2. The molecule has 1 N–H and O–H groups in total. The van der Waals surface area contributed by atoms with Gasteiger partial charge in [0.15, 0.2) is 0 Å². The number of nitrogens with one attached hydrogen (secondary N) is 1. The van der Waals surface area contributed by atoms with Crippen molar-refractivity contribution >= 4 is 17.1 Å². The molecule has 168 valence electrons. The zero-order chi connectivity index (χ0) is 22.3. The Morgan fingerprint density at radius 2 is 1.97 bits per heavy atom. The normalized spacial score (nSPS) is 21.2. The van der Waals surface area contributed by atoms with Gasteiger partial charge in [-0.05, 0) is 54.7 Å². The number of ether oxygens (including phenoxy) is 1. The van der Waals surface area contributed by atoms with Gasteiger partial charge < -0.3 is 15.0 Å². The highest BCUT2D eigenvalue weighted by atomic mass is 19.4. The number of fused-ring (bicyclic) bond motifs is 1. The fraction of sp³-hybridized carbons (Fsp3) is 0.400. The first-order chi connectivity index (χ1) is 15.3. The second kappa shape index (κ2) is 7.96. The van der Waals surface area contributed by atoms with Gasteiger partial charge in [-0.2, -0.15) is 13.2 Å². The predicted molar refractivity (Wildman–Crippen MR) is 120 cm³/mol. The number of amidine groups is 1. The third-order valence-electron chi connectivity index (χ3n) is 6.56. The minimum absolute atomic E-state index is 0.290. The summed E-state index contributed by atoms with van der Waals surface area (Å²) in [4.78, 5) is 7.11. The van der Waals surface area contributed by atoms with E-state index in [4.69, 9.17) is 9.73 Å². The lowest BCUT2D eigenvalue weighted by atomic mass is 9.78. The Bertz CT molecular complexity index is 1090. The van der Waals surface area contributed by atoms with E-state index in [-0.39, 0.29) is 5.41 Å². The molecule has 2 saturated heterocycles. The molecule has 5 rings (SSSR count).